The number of alkyl halides is 2. The highest BCUT2D eigenvalue weighted by Gasteiger charge is 2.15. The van der Waals surface area contributed by atoms with E-state index in [0.717, 1.165) is 25.0 Å². The minimum Gasteiger partial charge on any atom is -0.435 e. The zero-order valence-electron chi connectivity index (χ0n) is 12.8. The number of hydrogen-bond donors (Lipinski definition) is 1. The first kappa shape index (κ1) is 16.6. The van der Waals surface area contributed by atoms with E-state index in [0.29, 0.717) is 10.7 Å². The molecule has 0 bridgehead atoms. The first-order chi connectivity index (χ1) is 11.6. The number of rotatable bonds is 5. The van der Waals surface area contributed by atoms with Crippen LogP contribution in [0.25, 0.3) is 6.08 Å². The summed E-state index contributed by atoms with van der Waals surface area (Å²) >= 11 is 1.53. The summed E-state index contributed by atoms with van der Waals surface area (Å²) in [7, 11) is 0. The van der Waals surface area contributed by atoms with E-state index in [4.69, 9.17) is 0 Å². The van der Waals surface area contributed by atoms with Crippen LogP contribution < -0.4 is 10.1 Å². The Hall–Kier alpha value is -2.28. The number of ether oxygens (including phenoxy) is 1. The molecular formula is C17H16F2N2O2S. The van der Waals surface area contributed by atoms with Gasteiger partial charge in [-0.3, -0.25) is 10.1 Å². The number of halogens is 2. The van der Waals surface area contributed by atoms with E-state index in [1.54, 1.807) is 18.2 Å². The molecule has 1 heterocycles. The Morgan fingerprint density at radius 2 is 2.00 bits per heavy atom. The van der Waals surface area contributed by atoms with Crippen molar-refractivity contribution >= 4 is 28.5 Å². The molecule has 0 fully saturated rings. The summed E-state index contributed by atoms with van der Waals surface area (Å²) in [5.41, 5.74) is 1.81. The molecule has 0 radical (unpaired) electrons. The molecule has 0 unspecified atom stereocenters. The SMILES string of the molecule is O=C(/C=C/c1ccc(OC(F)F)cc1)Nc1nc2c(s1)CCCC2. The van der Waals surface area contributed by atoms with Crippen LogP contribution in [0.2, 0.25) is 0 Å². The predicted octanol–water partition coefficient (Wildman–Crippen LogP) is 4.28. The number of nitrogens with one attached hydrogen (secondary N) is 1. The fraction of sp³-hybridized carbons (Fsp3) is 0.294. The summed E-state index contributed by atoms with van der Waals surface area (Å²) in [6, 6.07) is 6.06. The van der Waals surface area contributed by atoms with Gasteiger partial charge in [0.05, 0.1) is 5.69 Å². The molecule has 7 heteroatoms. The van der Waals surface area contributed by atoms with Gasteiger partial charge in [-0.25, -0.2) is 4.98 Å². The second-order valence-electron chi connectivity index (χ2n) is 5.37. The lowest BCUT2D eigenvalue weighted by Gasteiger charge is -2.06. The molecule has 1 amide bonds. The highest BCUT2D eigenvalue weighted by Crippen LogP contribution is 2.29. The maximum absolute atomic E-state index is 12.1. The largest absolute Gasteiger partial charge is 0.435 e. The minimum absolute atomic E-state index is 0.0833. The average molecular weight is 350 g/mol. The summed E-state index contributed by atoms with van der Waals surface area (Å²) in [5.74, 6) is -0.186. The zero-order chi connectivity index (χ0) is 16.9. The monoisotopic (exact) mass is 350 g/mol. The Labute approximate surface area is 142 Å². The number of fused-ring (bicyclic) bond motifs is 1. The molecule has 0 saturated carbocycles. The van der Waals surface area contributed by atoms with Crippen LogP contribution in [0.5, 0.6) is 5.75 Å². The topological polar surface area (TPSA) is 51.2 Å². The standard InChI is InChI=1S/C17H16F2N2O2S/c18-16(19)23-12-8-5-11(6-9-12)7-10-15(22)21-17-20-13-3-1-2-4-14(13)24-17/h5-10,16H,1-4H2,(H,20,21,22)/b10-7+. The van der Waals surface area contributed by atoms with E-state index in [1.807, 2.05) is 0 Å². The van der Waals surface area contributed by atoms with Gasteiger partial charge in [0.1, 0.15) is 5.75 Å². The predicted molar refractivity (Wildman–Crippen MR) is 89.5 cm³/mol. The Bertz CT molecular complexity index is 718. The maximum atomic E-state index is 12.1. The summed E-state index contributed by atoms with van der Waals surface area (Å²) in [6.07, 6.45) is 7.33. The Kier molecular flexibility index (Phi) is 5.20. The minimum atomic E-state index is -2.85. The maximum Gasteiger partial charge on any atom is 0.387 e. The molecule has 4 nitrogen and oxygen atoms in total. The van der Waals surface area contributed by atoms with Crippen LogP contribution in [0, 0.1) is 0 Å². The lowest BCUT2D eigenvalue weighted by atomic mass is 10.0. The number of benzene rings is 1. The lowest BCUT2D eigenvalue weighted by Crippen LogP contribution is -2.07. The molecule has 0 saturated heterocycles. The molecule has 24 heavy (non-hydrogen) atoms. The smallest absolute Gasteiger partial charge is 0.387 e. The van der Waals surface area contributed by atoms with Crippen molar-refractivity contribution in [3.05, 3.63) is 46.5 Å². The molecule has 0 spiro atoms. The van der Waals surface area contributed by atoms with Crippen LogP contribution in [0.1, 0.15) is 29.0 Å². The summed E-state index contributed by atoms with van der Waals surface area (Å²) in [6.45, 7) is -2.85. The highest BCUT2D eigenvalue weighted by molar-refractivity contribution is 7.15. The second-order valence-corrected chi connectivity index (χ2v) is 6.45. The lowest BCUT2D eigenvalue weighted by molar-refractivity contribution is -0.111. The van der Waals surface area contributed by atoms with Crippen molar-refractivity contribution in [2.24, 2.45) is 0 Å². The number of aromatic nitrogens is 1. The van der Waals surface area contributed by atoms with Crippen LogP contribution in [0.15, 0.2) is 30.3 Å². The summed E-state index contributed by atoms with van der Waals surface area (Å²) in [5, 5.41) is 3.39. The normalized spacial score (nSPS) is 14.0. The van der Waals surface area contributed by atoms with Crippen molar-refractivity contribution in [3.63, 3.8) is 0 Å². The Morgan fingerprint density at radius 1 is 1.25 bits per heavy atom. The van der Waals surface area contributed by atoms with Crippen molar-refractivity contribution in [2.75, 3.05) is 5.32 Å². The Morgan fingerprint density at radius 3 is 2.71 bits per heavy atom. The van der Waals surface area contributed by atoms with Crippen LogP contribution in [0.4, 0.5) is 13.9 Å². The number of thiazole rings is 1. The number of anilines is 1. The molecule has 0 atom stereocenters. The molecule has 1 aliphatic rings. The van der Waals surface area contributed by atoms with Gasteiger partial charge in [0.15, 0.2) is 5.13 Å². The molecule has 1 N–H and O–H groups in total. The number of aryl methyl sites for hydroxylation is 2. The summed E-state index contributed by atoms with van der Waals surface area (Å²) in [4.78, 5) is 17.7. The van der Waals surface area contributed by atoms with E-state index < -0.39 is 6.61 Å². The average Bonchev–Trinajstić information content (AvgIpc) is 2.96. The van der Waals surface area contributed by atoms with E-state index in [1.165, 1.54) is 40.8 Å². The van der Waals surface area contributed by atoms with Crippen LogP contribution >= 0.6 is 11.3 Å². The fourth-order valence-electron chi connectivity index (χ4n) is 2.48. The van der Waals surface area contributed by atoms with Gasteiger partial charge >= 0.3 is 6.61 Å². The first-order valence-electron chi connectivity index (χ1n) is 7.63. The zero-order valence-corrected chi connectivity index (χ0v) is 13.6. The highest BCUT2D eigenvalue weighted by atomic mass is 32.1. The molecule has 1 aliphatic carbocycles. The van der Waals surface area contributed by atoms with Gasteiger partial charge in [0.25, 0.3) is 0 Å². The summed E-state index contributed by atoms with van der Waals surface area (Å²) < 4.78 is 28.4. The van der Waals surface area contributed by atoms with E-state index in [-0.39, 0.29) is 11.7 Å². The van der Waals surface area contributed by atoms with Crippen molar-refractivity contribution in [1.82, 2.24) is 4.98 Å². The van der Waals surface area contributed by atoms with Crippen molar-refractivity contribution in [1.29, 1.82) is 0 Å². The van der Waals surface area contributed by atoms with Gasteiger partial charge in [-0.2, -0.15) is 8.78 Å². The van der Waals surface area contributed by atoms with E-state index in [2.05, 4.69) is 15.0 Å². The van der Waals surface area contributed by atoms with Crippen LogP contribution in [-0.4, -0.2) is 17.5 Å². The van der Waals surface area contributed by atoms with Gasteiger partial charge in [-0.05, 0) is 49.5 Å². The fourth-order valence-corrected chi connectivity index (χ4v) is 3.54. The van der Waals surface area contributed by atoms with Gasteiger partial charge in [-0.15, -0.1) is 11.3 Å². The van der Waals surface area contributed by atoms with Crippen molar-refractivity contribution in [2.45, 2.75) is 32.3 Å². The van der Waals surface area contributed by atoms with Gasteiger partial charge < -0.3 is 4.74 Å². The molecule has 3 rings (SSSR count). The molecule has 2 aromatic rings. The second kappa shape index (κ2) is 7.53. The van der Waals surface area contributed by atoms with Crippen LogP contribution in [-0.2, 0) is 17.6 Å². The van der Waals surface area contributed by atoms with Crippen LogP contribution in [0.3, 0.4) is 0 Å². The van der Waals surface area contributed by atoms with Crippen molar-refractivity contribution in [3.8, 4) is 5.75 Å². The molecule has 1 aromatic heterocycles. The molecular weight excluding hydrogens is 334 g/mol. The number of amides is 1. The molecule has 0 aliphatic heterocycles. The third-order valence-electron chi connectivity index (χ3n) is 3.61. The van der Waals surface area contributed by atoms with E-state index >= 15 is 0 Å². The van der Waals surface area contributed by atoms with E-state index in [9.17, 15) is 13.6 Å². The van der Waals surface area contributed by atoms with Gasteiger partial charge in [0.2, 0.25) is 5.91 Å². The number of carbonyl (C=O) groups excluding carboxylic acids is 1. The first-order valence-corrected chi connectivity index (χ1v) is 8.44. The molecule has 126 valence electrons. The molecule has 1 aromatic carbocycles. The van der Waals surface area contributed by atoms with Gasteiger partial charge in [-0.1, -0.05) is 12.1 Å². The van der Waals surface area contributed by atoms with Crippen molar-refractivity contribution < 1.29 is 18.3 Å². The third kappa shape index (κ3) is 4.38. The van der Waals surface area contributed by atoms with Gasteiger partial charge in [0, 0.05) is 11.0 Å². The Balaban J connectivity index is 1.57. The quantitative estimate of drug-likeness (QED) is 0.819. The number of nitrogens with zero attached hydrogens (tertiary/aromatic N) is 1. The third-order valence-corrected chi connectivity index (χ3v) is 4.68. The number of hydrogen-bond acceptors (Lipinski definition) is 4. The number of carbonyl (C=O) groups is 1.